The van der Waals surface area contributed by atoms with Gasteiger partial charge in [0.2, 0.25) is 0 Å². The van der Waals surface area contributed by atoms with Gasteiger partial charge < -0.3 is 10.2 Å². The van der Waals surface area contributed by atoms with Crippen LogP contribution in [0, 0.1) is 11.8 Å². The lowest BCUT2D eigenvalue weighted by atomic mass is 10.0. The largest absolute Gasteiger partial charge is 0.416 e. The molecule has 1 aliphatic heterocycles. The lowest BCUT2D eigenvalue weighted by Crippen LogP contribution is -2.42. The molecule has 5 heteroatoms. The standard InChI is InChI=1S/C15H21F3N2/c1-11-7-19-8-12(2)10-20(9-11)14-5-3-4-13(6-14)15(16,17)18/h3-6,11-12,19H,7-10H2,1-2H3. The number of benzene rings is 1. The van der Waals surface area contributed by atoms with E-state index in [1.165, 1.54) is 12.1 Å². The van der Waals surface area contributed by atoms with Gasteiger partial charge in [-0.3, -0.25) is 0 Å². The van der Waals surface area contributed by atoms with E-state index in [0.717, 1.165) is 32.2 Å². The number of hydrogen-bond donors (Lipinski definition) is 1. The third-order valence-corrected chi connectivity index (χ3v) is 3.59. The van der Waals surface area contributed by atoms with Crippen LogP contribution in [-0.2, 0) is 6.18 Å². The van der Waals surface area contributed by atoms with Crippen molar-refractivity contribution in [1.29, 1.82) is 0 Å². The molecule has 112 valence electrons. The van der Waals surface area contributed by atoms with Crippen LogP contribution in [0.3, 0.4) is 0 Å². The van der Waals surface area contributed by atoms with Crippen molar-refractivity contribution in [3.63, 3.8) is 0 Å². The van der Waals surface area contributed by atoms with Crippen molar-refractivity contribution in [2.24, 2.45) is 11.8 Å². The monoisotopic (exact) mass is 286 g/mol. The molecular formula is C15H21F3N2. The fraction of sp³-hybridized carbons (Fsp3) is 0.600. The summed E-state index contributed by atoms with van der Waals surface area (Å²) < 4.78 is 38.4. The summed E-state index contributed by atoms with van der Waals surface area (Å²) in [5.74, 6) is 0.828. The van der Waals surface area contributed by atoms with Crippen molar-refractivity contribution in [3.05, 3.63) is 29.8 Å². The summed E-state index contributed by atoms with van der Waals surface area (Å²) in [7, 11) is 0. The summed E-state index contributed by atoms with van der Waals surface area (Å²) >= 11 is 0. The van der Waals surface area contributed by atoms with Crippen LogP contribution in [0.2, 0.25) is 0 Å². The number of rotatable bonds is 1. The van der Waals surface area contributed by atoms with Crippen molar-refractivity contribution in [1.82, 2.24) is 5.32 Å². The first-order chi connectivity index (χ1) is 9.36. The van der Waals surface area contributed by atoms with E-state index in [0.29, 0.717) is 17.5 Å². The lowest BCUT2D eigenvalue weighted by molar-refractivity contribution is -0.137. The highest BCUT2D eigenvalue weighted by Crippen LogP contribution is 2.32. The predicted molar refractivity (Wildman–Crippen MR) is 74.9 cm³/mol. The van der Waals surface area contributed by atoms with Crippen molar-refractivity contribution in [2.75, 3.05) is 31.1 Å². The highest BCUT2D eigenvalue weighted by atomic mass is 19.4. The summed E-state index contributed by atoms with van der Waals surface area (Å²) in [4.78, 5) is 2.07. The van der Waals surface area contributed by atoms with E-state index < -0.39 is 11.7 Å². The predicted octanol–water partition coefficient (Wildman–Crippen LogP) is 3.39. The van der Waals surface area contributed by atoms with E-state index in [1.807, 2.05) is 0 Å². The van der Waals surface area contributed by atoms with Crippen molar-refractivity contribution in [2.45, 2.75) is 20.0 Å². The Bertz CT molecular complexity index is 433. The second-order valence-electron chi connectivity index (χ2n) is 5.82. The molecule has 1 saturated heterocycles. The molecule has 20 heavy (non-hydrogen) atoms. The van der Waals surface area contributed by atoms with Gasteiger partial charge in [0.1, 0.15) is 0 Å². The van der Waals surface area contributed by atoms with Crippen molar-refractivity contribution in [3.8, 4) is 0 Å². The van der Waals surface area contributed by atoms with Crippen LogP contribution in [0.4, 0.5) is 18.9 Å². The molecule has 1 aliphatic rings. The Balaban J connectivity index is 2.23. The van der Waals surface area contributed by atoms with Gasteiger partial charge in [0.05, 0.1) is 5.56 Å². The van der Waals surface area contributed by atoms with E-state index in [2.05, 4.69) is 24.1 Å². The van der Waals surface area contributed by atoms with Gasteiger partial charge in [-0.15, -0.1) is 0 Å². The van der Waals surface area contributed by atoms with Crippen molar-refractivity contribution >= 4 is 5.69 Å². The molecule has 2 rings (SSSR count). The summed E-state index contributed by atoms with van der Waals surface area (Å²) in [6, 6.07) is 5.64. The first-order valence-electron chi connectivity index (χ1n) is 6.99. The molecule has 1 fully saturated rings. The molecule has 2 atom stereocenters. The smallest absolute Gasteiger partial charge is 0.371 e. The Morgan fingerprint density at radius 1 is 1.10 bits per heavy atom. The fourth-order valence-electron chi connectivity index (χ4n) is 2.62. The molecule has 0 aromatic heterocycles. The normalized spacial score (nSPS) is 25.1. The zero-order chi connectivity index (χ0) is 14.8. The third kappa shape index (κ3) is 3.88. The van der Waals surface area contributed by atoms with E-state index in [4.69, 9.17) is 0 Å². The molecule has 0 spiro atoms. The molecule has 1 aromatic carbocycles. The molecule has 0 saturated carbocycles. The number of hydrogen-bond acceptors (Lipinski definition) is 2. The average Bonchev–Trinajstić information content (AvgIpc) is 2.35. The van der Waals surface area contributed by atoms with Crippen LogP contribution in [0.15, 0.2) is 24.3 Å². The number of nitrogens with one attached hydrogen (secondary N) is 1. The summed E-state index contributed by atoms with van der Waals surface area (Å²) in [6.07, 6.45) is -4.28. The maximum atomic E-state index is 12.8. The van der Waals surface area contributed by atoms with E-state index in [9.17, 15) is 13.2 Å². The number of halogens is 3. The summed E-state index contributed by atoms with van der Waals surface area (Å²) in [6.45, 7) is 7.59. The van der Waals surface area contributed by atoms with Gasteiger partial charge in [0, 0.05) is 18.8 Å². The zero-order valence-corrected chi connectivity index (χ0v) is 11.9. The molecule has 1 heterocycles. The van der Waals surface area contributed by atoms with Crippen LogP contribution in [-0.4, -0.2) is 26.2 Å². The molecule has 0 radical (unpaired) electrons. The maximum absolute atomic E-state index is 12.8. The molecule has 0 bridgehead atoms. The first-order valence-corrected chi connectivity index (χ1v) is 6.99. The van der Waals surface area contributed by atoms with Crippen LogP contribution >= 0.6 is 0 Å². The minimum absolute atomic E-state index is 0.414. The Kier molecular flexibility index (Phi) is 4.58. The number of alkyl halides is 3. The highest BCUT2D eigenvalue weighted by Gasteiger charge is 2.31. The van der Waals surface area contributed by atoms with E-state index in [1.54, 1.807) is 6.07 Å². The van der Waals surface area contributed by atoms with Gasteiger partial charge in [-0.2, -0.15) is 13.2 Å². The summed E-state index contributed by atoms with van der Waals surface area (Å²) in [5, 5.41) is 3.39. The molecule has 1 N–H and O–H groups in total. The fourth-order valence-corrected chi connectivity index (χ4v) is 2.62. The third-order valence-electron chi connectivity index (χ3n) is 3.59. The molecule has 2 nitrogen and oxygen atoms in total. The Hall–Kier alpha value is -1.23. The quantitative estimate of drug-likeness (QED) is 0.851. The van der Waals surface area contributed by atoms with Crippen LogP contribution in [0.25, 0.3) is 0 Å². The van der Waals surface area contributed by atoms with Gasteiger partial charge in [-0.05, 0) is 43.1 Å². The second kappa shape index (κ2) is 6.04. The van der Waals surface area contributed by atoms with E-state index >= 15 is 0 Å². The SMILES string of the molecule is CC1CNCC(C)CN(c2cccc(C(F)(F)F)c2)C1. The van der Waals surface area contributed by atoms with Gasteiger partial charge >= 0.3 is 6.18 Å². The molecule has 1 aromatic rings. The second-order valence-corrected chi connectivity index (χ2v) is 5.82. The minimum atomic E-state index is -4.28. The zero-order valence-electron chi connectivity index (χ0n) is 11.9. The lowest BCUT2D eigenvalue weighted by Gasteiger charge is -2.33. The van der Waals surface area contributed by atoms with E-state index in [-0.39, 0.29) is 0 Å². The Morgan fingerprint density at radius 2 is 1.70 bits per heavy atom. The van der Waals surface area contributed by atoms with Crippen molar-refractivity contribution < 1.29 is 13.2 Å². The molecule has 2 unspecified atom stereocenters. The van der Waals surface area contributed by atoms with Crippen LogP contribution < -0.4 is 10.2 Å². The average molecular weight is 286 g/mol. The van der Waals surface area contributed by atoms with Gasteiger partial charge in [-0.25, -0.2) is 0 Å². The van der Waals surface area contributed by atoms with Gasteiger partial charge in [-0.1, -0.05) is 19.9 Å². The number of nitrogens with zero attached hydrogens (tertiary/aromatic N) is 1. The maximum Gasteiger partial charge on any atom is 0.416 e. The van der Waals surface area contributed by atoms with Crippen LogP contribution in [0.1, 0.15) is 19.4 Å². The Labute approximate surface area is 118 Å². The minimum Gasteiger partial charge on any atom is -0.371 e. The molecular weight excluding hydrogens is 265 g/mol. The topological polar surface area (TPSA) is 15.3 Å². The Morgan fingerprint density at radius 3 is 2.25 bits per heavy atom. The first kappa shape index (κ1) is 15.2. The summed E-state index contributed by atoms with van der Waals surface area (Å²) in [5.41, 5.74) is 0.0934. The van der Waals surface area contributed by atoms with Gasteiger partial charge in [0.25, 0.3) is 0 Å². The highest BCUT2D eigenvalue weighted by molar-refractivity contribution is 5.49. The van der Waals surface area contributed by atoms with Crippen LogP contribution in [0.5, 0.6) is 0 Å². The number of anilines is 1. The molecule has 0 amide bonds. The molecule has 0 aliphatic carbocycles. The van der Waals surface area contributed by atoms with Gasteiger partial charge in [0.15, 0.2) is 0 Å².